The summed E-state index contributed by atoms with van der Waals surface area (Å²) in [6, 6.07) is 0. The van der Waals surface area contributed by atoms with Crippen LogP contribution < -0.4 is 11.2 Å². The summed E-state index contributed by atoms with van der Waals surface area (Å²) in [5, 5.41) is 28.5. The van der Waals surface area contributed by atoms with Gasteiger partial charge in [-0.05, 0) is 6.42 Å². The van der Waals surface area contributed by atoms with E-state index >= 15 is 0 Å². The van der Waals surface area contributed by atoms with Crippen molar-refractivity contribution in [3.63, 3.8) is 0 Å². The fourth-order valence-corrected chi connectivity index (χ4v) is 2.31. The van der Waals surface area contributed by atoms with Crippen molar-refractivity contribution in [2.45, 2.75) is 24.5 Å². The Labute approximate surface area is 95.8 Å². The van der Waals surface area contributed by atoms with Gasteiger partial charge in [0.25, 0.3) is 5.56 Å². The highest BCUT2D eigenvalue weighted by atomic mass is 16.3. The molecular formula is C10H14N2O5. The largest absolute Gasteiger partial charge is 0.396 e. The minimum atomic E-state index is -1.11. The van der Waals surface area contributed by atoms with Gasteiger partial charge < -0.3 is 20.3 Å². The number of rotatable bonds is 2. The van der Waals surface area contributed by atoms with Crippen LogP contribution in [0.3, 0.4) is 0 Å². The van der Waals surface area contributed by atoms with Gasteiger partial charge in [0.2, 0.25) is 0 Å². The summed E-state index contributed by atoms with van der Waals surface area (Å²) in [4.78, 5) is 26.8. The minimum absolute atomic E-state index is 0.215. The minimum Gasteiger partial charge on any atom is -0.396 e. The summed E-state index contributed by atoms with van der Waals surface area (Å²) in [6.45, 7) is -0.254. The van der Waals surface area contributed by atoms with Gasteiger partial charge in [-0.25, -0.2) is 4.79 Å². The molecule has 94 valence electrons. The molecule has 0 aromatic carbocycles. The van der Waals surface area contributed by atoms with Crippen molar-refractivity contribution in [3.05, 3.63) is 32.6 Å². The SMILES string of the molecule is O=c1[nH]cc([C@@H]2C[C@H](CO)C(O)C2O)c(=O)[nH]1. The molecule has 0 amide bonds. The van der Waals surface area contributed by atoms with Gasteiger partial charge >= 0.3 is 5.69 Å². The van der Waals surface area contributed by atoms with E-state index in [1.165, 1.54) is 6.20 Å². The Kier molecular flexibility index (Phi) is 3.14. The highest BCUT2D eigenvalue weighted by molar-refractivity contribution is 5.17. The Morgan fingerprint density at radius 2 is 2.00 bits per heavy atom. The van der Waals surface area contributed by atoms with Crippen molar-refractivity contribution in [3.8, 4) is 0 Å². The smallest absolute Gasteiger partial charge is 0.325 e. The maximum Gasteiger partial charge on any atom is 0.325 e. The van der Waals surface area contributed by atoms with Crippen molar-refractivity contribution in [1.82, 2.24) is 9.97 Å². The maximum atomic E-state index is 11.5. The lowest BCUT2D eigenvalue weighted by atomic mass is 9.97. The molecule has 1 aromatic rings. The van der Waals surface area contributed by atoms with Crippen LogP contribution in [0.4, 0.5) is 0 Å². The first kappa shape index (κ1) is 12.0. The number of aromatic nitrogens is 2. The number of aromatic amines is 2. The molecule has 1 heterocycles. The summed E-state index contributed by atoms with van der Waals surface area (Å²) >= 11 is 0. The van der Waals surface area contributed by atoms with E-state index in [1.807, 2.05) is 0 Å². The summed E-state index contributed by atoms with van der Waals surface area (Å²) in [6.07, 6.45) is -0.634. The number of aliphatic hydroxyl groups excluding tert-OH is 3. The molecule has 0 aliphatic heterocycles. The summed E-state index contributed by atoms with van der Waals surface area (Å²) in [5.74, 6) is -1.04. The first-order valence-electron chi connectivity index (χ1n) is 5.33. The van der Waals surface area contributed by atoms with E-state index in [0.717, 1.165) is 0 Å². The lowest BCUT2D eigenvalue weighted by Crippen LogP contribution is -2.32. The molecule has 2 rings (SSSR count). The zero-order chi connectivity index (χ0) is 12.6. The third-order valence-electron chi connectivity index (χ3n) is 3.28. The molecule has 17 heavy (non-hydrogen) atoms. The summed E-state index contributed by atoms with van der Waals surface area (Å²) < 4.78 is 0. The Hall–Kier alpha value is -1.44. The molecule has 1 aromatic heterocycles. The standard InChI is InChI=1S/C10H14N2O5/c13-3-4-1-5(8(15)7(4)14)6-2-11-10(17)12-9(6)16/h2,4-5,7-8,13-15H,1,3H2,(H2,11,12,16,17)/t4-,5+,7?,8?/m1/s1. The van der Waals surface area contributed by atoms with Crippen LogP contribution in [0, 0.1) is 5.92 Å². The molecule has 7 nitrogen and oxygen atoms in total. The molecule has 5 N–H and O–H groups in total. The second-order valence-corrected chi connectivity index (χ2v) is 4.29. The van der Waals surface area contributed by atoms with Gasteiger partial charge in [0.15, 0.2) is 0 Å². The molecule has 7 heteroatoms. The topological polar surface area (TPSA) is 126 Å². The first-order chi connectivity index (χ1) is 8.04. The average molecular weight is 242 g/mol. The quantitative estimate of drug-likeness (QED) is 0.405. The van der Waals surface area contributed by atoms with Gasteiger partial charge in [-0.1, -0.05) is 0 Å². The second kappa shape index (κ2) is 4.44. The average Bonchev–Trinajstić information content (AvgIpc) is 2.57. The van der Waals surface area contributed by atoms with E-state index in [4.69, 9.17) is 5.11 Å². The number of nitrogens with one attached hydrogen (secondary N) is 2. The molecule has 1 aliphatic rings. The van der Waals surface area contributed by atoms with Crippen LogP contribution >= 0.6 is 0 Å². The van der Waals surface area contributed by atoms with Crippen molar-refractivity contribution < 1.29 is 15.3 Å². The van der Waals surface area contributed by atoms with E-state index in [-0.39, 0.29) is 12.2 Å². The first-order valence-corrected chi connectivity index (χ1v) is 5.33. The molecule has 2 unspecified atom stereocenters. The number of hydrogen-bond donors (Lipinski definition) is 5. The third-order valence-corrected chi connectivity index (χ3v) is 3.28. The number of aliphatic hydroxyl groups is 3. The molecule has 4 atom stereocenters. The Morgan fingerprint density at radius 3 is 2.53 bits per heavy atom. The van der Waals surface area contributed by atoms with Crippen molar-refractivity contribution in [2.24, 2.45) is 5.92 Å². The van der Waals surface area contributed by atoms with Crippen LogP contribution in [-0.2, 0) is 0 Å². The van der Waals surface area contributed by atoms with Crippen LogP contribution in [0.15, 0.2) is 15.8 Å². The fourth-order valence-electron chi connectivity index (χ4n) is 2.31. The zero-order valence-corrected chi connectivity index (χ0v) is 8.96. The Balaban J connectivity index is 2.35. The van der Waals surface area contributed by atoms with Gasteiger partial charge in [0, 0.05) is 30.2 Å². The van der Waals surface area contributed by atoms with E-state index in [2.05, 4.69) is 9.97 Å². The third kappa shape index (κ3) is 2.04. The van der Waals surface area contributed by atoms with Crippen molar-refractivity contribution in [2.75, 3.05) is 6.61 Å². The molecule has 1 fully saturated rings. The molecule has 0 spiro atoms. The van der Waals surface area contributed by atoms with Crippen molar-refractivity contribution >= 4 is 0 Å². The lowest BCUT2D eigenvalue weighted by molar-refractivity contribution is 0.00219. The van der Waals surface area contributed by atoms with Gasteiger partial charge in [-0.2, -0.15) is 0 Å². The molecule has 1 saturated carbocycles. The normalized spacial score (nSPS) is 32.9. The Morgan fingerprint density at radius 1 is 1.29 bits per heavy atom. The summed E-state index contributed by atoms with van der Waals surface area (Å²) in [5.41, 5.74) is -0.985. The van der Waals surface area contributed by atoms with E-state index < -0.39 is 35.3 Å². The molecule has 0 bridgehead atoms. The van der Waals surface area contributed by atoms with Gasteiger partial charge in [-0.15, -0.1) is 0 Å². The number of H-pyrrole nitrogens is 2. The van der Waals surface area contributed by atoms with Gasteiger partial charge in [0.05, 0.1) is 12.2 Å². The summed E-state index contributed by atoms with van der Waals surface area (Å²) in [7, 11) is 0. The zero-order valence-electron chi connectivity index (χ0n) is 8.96. The lowest BCUT2D eigenvalue weighted by Gasteiger charge is -2.15. The molecule has 0 saturated heterocycles. The van der Waals surface area contributed by atoms with Crippen LogP contribution in [0.5, 0.6) is 0 Å². The fraction of sp³-hybridized carbons (Fsp3) is 0.600. The van der Waals surface area contributed by atoms with Crippen LogP contribution in [0.2, 0.25) is 0 Å². The van der Waals surface area contributed by atoms with Crippen molar-refractivity contribution in [1.29, 1.82) is 0 Å². The highest BCUT2D eigenvalue weighted by Gasteiger charge is 2.42. The van der Waals surface area contributed by atoms with Gasteiger partial charge in [-0.3, -0.25) is 9.78 Å². The van der Waals surface area contributed by atoms with E-state index in [9.17, 15) is 19.8 Å². The second-order valence-electron chi connectivity index (χ2n) is 4.29. The van der Waals surface area contributed by atoms with Crippen LogP contribution in [0.25, 0.3) is 0 Å². The van der Waals surface area contributed by atoms with E-state index in [0.29, 0.717) is 6.42 Å². The highest BCUT2D eigenvalue weighted by Crippen LogP contribution is 2.36. The molecule has 0 radical (unpaired) electrons. The van der Waals surface area contributed by atoms with Gasteiger partial charge in [0.1, 0.15) is 0 Å². The Bertz CT molecular complexity index is 508. The monoisotopic (exact) mass is 242 g/mol. The number of hydrogen-bond acceptors (Lipinski definition) is 5. The van der Waals surface area contributed by atoms with Crippen LogP contribution in [-0.4, -0.2) is 44.1 Å². The predicted octanol–water partition coefficient (Wildman–Crippen LogP) is -2.12. The molecule has 1 aliphatic carbocycles. The van der Waals surface area contributed by atoms with Crippen LogP contribution in [0.1, 0.15) is 17.9 Å². The predicted molar refractivity (Wildman–Crippen MR) is 57.6 cm³/mol. The molecular weight excluding hydrogens is 228 g/mol. The maximum absolute atomic E-state index is 11.5. The van der Waals surface area contributed by atoms with E-state index in [1.54, 1.807) is 0 Å².